The van der Waals surface area contributed by atoms with Gasteiger partial charge in [-0.05, 0) is 51.4 Å². The number of hydrogen-bond acceptors (Lipinski definition) is 2. The van der Waals surface area contributed by atoms with Gasteiger partial charge in [0.15, 0.2) is 0 Å². The van der Waals surface area contributed by atoms with Crippen LogP contribution in [0.15, 0.2) is 12.2 Å². The molecule has 0 spiro atoms. The van der Waals surface area contributed by atoms with Crippen molar-refractivity contribution in [2.45, 2.75) is 40.2 Å². The molecule has 1 N–H and O–H groups in total. The van der Waals surface area contributed by atoms with Crippen molar-refractivity contribution in [3.05, 3.63) is 23.5 Å². The highest BCUT2D eigenvalue weighted by molar-refractivity contribution is 5.52. The third-order valence-corrected chi connectivity index (χ3v) is 4.64. The Morgan fingerprint density at radius 2 is 2.17 bits per heavy atom. The quantitative estimate of drug-likeness (QED) is 0.826. The SMILES string of the molecule is CCn1nc(C)c(NCC2CC3C=CC2C3)c1C. The van der Waals surface area contributed by atoms with Crippen LogP contribution >= 0.6 is 0 Å². The molecule has 0 amide bonds. The predicted octanol–water partition coefficient (Wildman–Crippen LogP) is 3.14. The summed E-state index contributed by atoms with van der Waals surface area (Å²) >= 11 is 0. The van der Waals surface area contributed by atoms with E-state index >= 15 is 0 Å². The number of nitrogens with one attached hydrogen (secondary N) is 1. The van der Waals surface area contributed by atoms with Crippen molar-refractivity contribution >= 4 is 5.69 Å². The van der Waals surface area contributed by atoms with Gasteiger partial charge in [0.25, 0.3) is 0 Å². The average molecular weight is 245 g/mol. The zero-order valence-electron chi connectivity index (χ0n) is 11.6. The molecule has 0 aromatic carbocycles. The van der Waals surface area contributed by atoms with Crippen LogP contribution in [0.2, 0.25) is 0 Å². The maximum absolute atomic E-state index is 4.56. The van der Waals surface area contributed by atoms with E-state index in [-0.39, 0.29) is 0 Å². The summed E-state index contributed by atoms with van der Waals surface area (Å²) in [5.74, 6) is 2.51. The lowest BCUT2D eigenvalue weighted by Crippen LogP contribution is -2.18. The zero-order valence-corrected chi connectivity index (χ0v) is 11.6. The molecule has 2 aliphatic carbocycles. The van der Waals surface area contributed by atoms with E-state index in [1.54, 1.807) is 0 Å². The van der Waals surface area contributed by atoms with Crippen LogP contribution in [0.3, 0.4) is 0 Å². The van der Waals surface area contributed by atoms with E-state index in [4.69, 9.17) is 0 Å². The van der Waals surface area contributed by atoms with E-state index in [2.05, 4.69) is 48.0 Å². The molecule has 0 radical (unpaired) electrons. The molecule has 1 heterocycles. The van der Waals surface area contributed by atoms with Crippen LogP contribution < -0.4 is 5.32 Å². The summed E-state index contributed by atoms with van der Waals surface area (Å²) in [6.07, 6.45) is 7.59. The normalized spacial score (nSPS) is 29.2. The van der Waals surface area contributed by atoms with Gasteiger partial charge in [-0.3, -0.25) is 4.68 Å². The first-order valence-electron chi connectivity index (χ1n) is 7.15. The van der Waals surface area contributed by atoms with E-state index < -0.39 is 0 Å². The first kappa shape index (κ1) is 11.8. The van der Waals surface area contributed by atoms with Crippen molar-refractivity contribution in [2.75, 3.05) is 11.9 Å². The molecule has 2 bridgehead atoms. The van der Waals surface area contributed by atoms with Gasteiger partial charge in [0, 0.05) is 13.1 Å². The Bertz CT molecular complexity index is 472. The van der Waals surface area contributed by atoms with Crippen molar-refractivity contribution in [1.82, 2.24) is 9.78 Å². The number of hydrogen-bond donors (Lipinski definition) is 1. The second-order valence-electron chi connectivity index (χ2n) is 5.78. The summed E-state index contributed by atoms with van der Waals surface area (Å²) in [6.45, 7) is 8.45. The van der Waals surface area contributed by atoms with Gasteiger partial charge in [-0.1, -0.05) is 12.2 Å². The van der Waals surface area contributed by atoms with Gasteiger partial charge >= 0.3 is 0 Å². The Hall–Kier alpha value is -1.25. The van der Waals surface area contributed by atoms with E-state index in [0.29, 0.717) is 0 Å². The Kier molecular flexibility index (Phi) is 2.92. The maximum Gasteiger partial charge on any atom is 0.0827 e. The fourth-order valence-electron chi connectivity index (χ4n) is 3.62. The van der Waals surface area contributed by atoms with Crippen LogP contribution in [-0.2, 0) is 6.54 Å². The summed E-state index contributed by atoms with van der Waals surface area (Å²) in [5.41, 5.74) is 3.66. The second kappa shape index (κ2) is 4.45. The lowest BCUT2D eigenvalue weighted by atomic mass is 9.93. The average Bonchev–Trinajstić information content (AvgIpc) is 3.03. The summed E-state index contributed by atoms with van der Waals surface area (Å²) in [5, 5.41) is 8.21. The highest BCUT2D eigenvalue weighted by Crippen LogP contribution is 2.43. The van der Waals surface area contributed by atoms with Gasteiger partial charge in [-0.25, -0.2) is 0 Å². The molecule has 0 saturated heterocycles. The molecule has 3 atom stereocenters. The summed E-state index contributed by atoms with van der Waals surface area (Å²) in [6, 6.07) is 0. The molecule has 1 aromatic rings. The van der Waals surface area contributed by atoms with Gasteiger partial charge in [0.2, 0.25) is 0 Å². The lowest BCUT2D eigenvalue weighted by molar-refractivity contribution is 0.471. The van der Waals surface area contributed by atoms with Crippen LogP contribution in [-0.4, -0.2) is 16.3 Å². The van der Waals surface area contributed by atoms with Gasteiger partial charge in [0.05, 0.1) is 17.1 Å². The number of anilines is 1. The molecule has 1 aromatic heterocycles. The number of aryl methyl sites for hydroxylation is 2. The molecular formula is C15H23N3. The topological polar surface area (TPSA) is 29.9 Å². The number of aromatic nitrogens is 2. The molecule has 3 rings (SSSR count). The maximum atomic E-state index is 4.56. The van der Waals surface area contributed by atoms with Crippen molar-refractivity contribution < 1.29 is 0 Å². The van der Waals surface area contributed by atoms with E-state index in [1.807, 2.05) is 0 Å². The second-order valence-corrected chi connectivity index (χ2v) is 5.78. The van der Waals surface area contributed by atoms with Gasteiger partial charge in [-0.2, -0.15) is 5.10 Å². The lowest BCUT2D eigenvalue weighted by Gasteiger charge is -2.19. The minimum absolute atomic E-state index is 0.823. The van der Waals surface area contributed by atoms with Gasteiger partial charge in [0.1, 0.15) is 0 Å². The predicted molar refractivity (Wildman–Crippen MR) is 74.7 cm³/mol. The third-order valence-electron chi connectivity index (χ3n) is 4.64. The highest BCUT2D eigenvalue weighted by atomic mass is 15.3. The van der Waals surface area contributed by atoms with E-state index in [9.17, 15) is 0 Å². The standard InChI is InChI=1S/C15H23N3/c1-4-18-11(3)15(10(2)17-18)16-9-14-8-12-5-6-13(14)7-12/h5-6,12-14,16H,4,7-9H2,1-3H3. The number of fused-ring (bicyclic) bond motifs is 2. The Labute approximate surface area is 109 Å². The summed E-state index contributed by atoms with van der Waals surface area (Å²) < 4.78 is 2.08. The van der Waals surface area contributed by atoms with Crippen molar-refractivity contribution in [1.29, 1.82) is 0 Å². The summed E-state index contributed by atoms with van der Waals surface area (Å²) in [4.78, 5) is 0. The van der Waals surface area contributed by atoms with Crippen molar-refractivity contribution in [3.8, 4) is 0 Å². The van der Waals surface area contributed by atoms with Gasteiger partial charge < -0.3 is 5.32 Å². The third kappa shape index (κ3) is 1.86. The number of allylic oxidation sites excluding steroid dienone is 2. The van der Waals surface area contributed by atoms with Crippen LogP contribution in [0.5, 0.6) is 0 Å². The zero-order chi connectivity index (χ0) is 12.7. The minimum Gasteiger partial charge on any atom is -0.382 e. The van der Waals surface area contributed by atoms with Crippen LogP contribution in [0, 0.1) is 31.6 Å². The van der Waals surface area contributed by atoms with E-state index in [1.165, 1.54) is 24.2 Å². The molecule has 1 saturated carbocycles. The molecule has 3 heteroatoms. The fourth-order valence-corrected chi connectivity index (χ4v) is 3.62. The molecule has 18 heavy (non-hydrogen) atoms. The van der Waals surface area contributed by atoms with Crippen LogP contribution in [0.4, 0.5) is 5.69 Å². The Morgan fingerprint density at radius 1 is 1.33 bits per heavy atom. The molecular weight excluding hydrogens is 222 g/mol. The van der Waals surface area contributed by atoms with Crippen LogP contribution in [0.1, 0.15) is 31.2 Å². The smallest absolute Gasteiger partial charge is 0.0827 e. The molecule has 3 unspecified atom stereocenters. The van der Waals surface area contributed by atoms with Gasteiger partial charge in [-0.15, -0.1) is 0 Å². The highest BCUT2D eigenvalue weighted by Gasteiger charge is 2.35. The molecule has 98 valence electrons. The monoisotopic (exact) mass is 245 g/mol. The minimum atomic E-state index is 0.823. The Morgan fingerprint density at radius 3 is 2.72 bits per heavy atom. The van der Waals surface area contributed by atoms with Crippen LogP contribution in [0.25, 0.3) is 0 Å². The number of rotatable bonds is 4. The first-order chi connectivity index (χ1) is 8.69. The fraction of sp³-hybridized carbons (Fsp3) is 0.667. The summed E-state index contributed by atoms with van der Waals surface area (Å²) in [7, 11) is 0. The Balaban J connectivity index is 1.67. The first-order valence-corrected chi connectivity index (χ1v) is 7.15. The van der Waals surface area contributed by atoms with Crippen molar-refractivity contribution in [3.63, 3.8) is 0 Å². The molecule has 0 aliphatic heterocycles. The molecule has 1 fully saturated rings. The largest absolute Gasteiger partial charge is 0.382 e. The van der Waals surface area contributed by atoms with E-state index in [0.717, 1.165) is 36.5 Å². The molecule has 3 nitrogen and oxygen atoms in total. The number of nitrogens with zero attached hydrogens (tertiary/aromatic N) is 2. The van der Waals surface area contributed by atoms with Crippen molar-refractivity contribution in [2.24, 2.45) is 17.8 Å². The molecule has 2 aliphatic rings.